The SMILES string of the molecule is O=C(Cc1ccc([N+](=O)[O-])cc1)Oc1ccc(NC(=O)c2ccccc2)cc1. The number of rotatable bonds is 6. The molecule has 0 unspecified atom stereocenters. The molecule has 0 aromatic heterocycles. The van der Waals surface area contributed by atoms with Crippen LogP contribution in [0.5, 0.6) is 5.75 Å². The van der Waals surface area contributed by atoms with E-state index in [0.29, 0.717) is 22.6 Å². The average Bonchev–Trinajstić information content (AvgIpc) is 2.70. The Labute approximate surface area is 160 Å². The Morgan fingerprint density at radius 2 is 1.54 bits per heavy atom. The average molecular weight is 376 g/mol. The first-order chi connectivity index (χ1) is 13.5. The third-order valence-electron chi connectivity index (χ3n) is 3.88. The number of non-ortho nitro benzene ring substituents is 1. The summed E-state index contributed by atoms with van der Waals surface area (Å²) in [5, 5.41) is 13.4. The van der Waals surface area contributed by atoms with Crippen molar-refractivity contribution >= 4 is 23.3 Å². The number of benzene rings is 3. The van der Waals surface area contributed by atoms with Gasteiger partial charge in [-0.2, -0.15) is 0 Å². The molecule has 0 radical (unpaired) electrons. The van der Waals surface area contributed by atoms with Crippen molar-refractivity contribution in [3.05, 3.63) is 100 Å². The molecule has 0 spiro atoms. The molecule has 0 aliphatic heterocycles. The molecule has 0 saturated carbocycles. The van der Waals surface area contributed by atoms with Crippen molar-refractivity contribution in [3.63, 3.8) is 0 Å². The van der Waals surface area contributed by atoms with E-state index in [-0.39, 0.29) is 18.0 Å². The minimum atomic E-state index is -0.500. The summed E-state index contributed by atoms with van der Waals surface area (Å²) >= 11 is 0. The number of carbonyl (C=O) groups is 2. The second-order valence-corrected chi connectivity index (χ2v) is 5.92. The molecule has 3 aromatic rings. The number of nitro groups is 1. The zero-order valence-electron chi connectivity index (χ0n) is 14.7. The van der Waals surface area contributed by atoms with Crippen molar-refractivity contribution in [2.24, 2.45) is 0 Å². The molecule has 0 aliphatic rings. The van der Waals surface area contributed by atoms with Crippen LogP contribution in [0.25, 0.3) is 0 Å². The van der Waals surface area contributed by atoms with Crippen LogP contribution in [0.1, 0.15) is 15.9 Å². The van der Waals surface area contributed by atoms with Gasteiger partial charge in [-0.05, 0) is 42.0 Å². The molecule has 3 rings (SSSR count). The fourth-order valence-electron chi connectivity index (χ4n) is 2.47. The molecule has 7 heteroatoms. The van der Waals surface area contributed by atoms with E-state index in [0.717, 1.165) is 0 Å². The van der Waals surface area contributed by atoms with Crippen LogP contribution in [0.2, 0.25) is 0 Å². The van der Waals surface area contributed by atoms with Crippen LogP contribution in [0.15, 0.2) is 78.9 Å². The molecule has 1 amide bonds. The lowest BCUT2D eigenvalue weighted by Gasteiger charge is -2.07. The van der Waals surface area contributed by atoms with Gasteiger partial charge in [0, 0.05) is 23.4 Å². The largest absolute Gasteiger partial charge is 0.426 e. The van der Waals surface area contributed by atoms with Crippen LogP contribution in [0.4, 0.5) is 11.4 Å². The first kappa shape index (κ1) is 18.8. The van der Waals surface area contributed by atoms with E-state index in [4.69, 9.17) is 4.74 Å². The smallest absolute Gasteiger partial charge is 0.315 e. The van der Waals surface area contributed by atoms with Gasteiger partial charge in [-0.25, -0.2) is 0 Å². The summed E-state index contributed by atoms with van der Waals surface area (Å²) < 4.78 is 5.26. The summed E-state index contributed by atoms with van der Waals surface area (Å²) in [6.07, 6.45) is -0.00944. The fourth-order valence-corrected chi connectivity index (χ4v) is 2.47. The number of carbonyl (C=O) groups excluding carboxylic acids is 2. The Hall–Kier alpha value is -4.00. The van der Waals surface area contributed by atoms with Gasteiger partial charge in [0.2, 0.25) is 0 Å². The molecule has 0 saturated heterocycles. The second-order valence-electron chi connectivity index (χ2n) is 5.92. The van der Waals surface area contributed by atoms with Crippen LogP contribution in [0.3, 0.4) is 0 Å². The lowest BCUT2D eigenvalue weighted by molar-refractivity contribution is -0.384. The van der Waals surface area contributed by atoms with Gasteiger partial charge in [0.25, 0.3) is 11.6 Å². The second kappa shape index (κ2) is 8.59. The van der Waals surface area contributed by atoms with Crippen molar-refractivity contribution in [1.82, 2.24) is 0 Å². The van der Waals surface area contributed by atoms with Gasteiger partial charge in [-0.15, -0.1) is 0 Å². The number of nitrogens with one attached hydrogen (secondary N) is 1. The molecule has 7 nitrogen and oxygen atoms in total. The van der Waals surface area contributed by atoms with Crippen molar-refractivity contribution in [2.75, 3.05) is 5.32 Å². The summed E-state index contributed by atoms with van der Waals surface area (Å²) in [6, 6.07) is 20.9. The number of hydrogen-bond acceptors (Lipinski definition) is 5. The first-order valence-corrected chi connectivity index (χ1v) is 8.42. The highest BCUT2D eigenvalue weighted by Crippen LogP contribution is 2.18. The standard InChI is InChI=1S/C21H16N2O5/c24-20(14-15-6-10-18(11-7-15)23(26)27)28-19-12-8-17(9-13-19)22-21(25)16-4-2-1-3-5-16/h1-13H,14H2,(H,22,25). The molecule has 28 heavy (non-hydrogen) atoms. The molecule has 0 bridgehead atoms. The van der Waals surface area contributed by atoms with E-state index >= 15 is 0 Å². The third-order valence-corrected chi connectivity index (χ3v) is 3.88. The molecule has 0 atom stereocenters. The van der Waals surface area contributed by atoms with Gasteiger partial charge < -0.3 is 10.1 Å². The lowest BCUT2D eigenvalue weighted by atomic mass is 10.1. The summed E-state index contributed by atoms with van der Waals surface area (Å²) in [4.78, 5) is 34.3. The van der Waals surface area contributed by atoms with Crippen LogP contribution in [-0.2, 0) is 11.2 Å². The van der Waals surface area contributed by atoms with Crippen LogP contribution in [-0.4, -0.2) is 16.8 Å². The van der Waals surface area contributed by atoms with E-state index in [1.54, 1.807) is 48.5 Å². The maximum atomic E-state index is 12.1. The number of amides is 1. The van der Waals surface area contributed by atoms with Crippen molar-refractivity contribution in [3.8, 4) is 5.75 Å². The van der Waals surface area contributed by atoms with E-state index in [9.17, 15) is 19.7 Å². The number of nitro benzene ring substituents is 1. The monoisotopic (exact) mass is 376 g/mol. The zero-order valence-corrected chi connectivity index (χ0v) is 14.7. The maximum absolute atomic E-state index is 12.1. The first-order valence-electron chi connectivity index (χ1n) is 8.42. The predicted octanol–water partition coefficient (Wildman–Crippen LogP) is 4.00. The Morgan fingerprint density at radius 3 is 2.14 bits per heavy atom. The van der Waals surface area contributed by atoms with E-state index in [1.807, 2.05) is 6.07 Å². The molecule has 0 heterocycles. The summed E-state index contributed by atoms with van der Waals surface area (Å²) in [5.74, 6) is -0.386. The number of anilines is 1. The number of nitrogens with zero attached hydrogens (tertiary/aromatic N) is 1. The fraction of sp³-hybridized carbons (Fsp3) is 0.0476. The molecular weight excluding hydrogens is 360 g/mol. The normalized spacial score (nSPS) is 10.1. The van der Waals surface area contributed by atoms with E-state index in [2.05, 4.69) is 5.32 Å². The Balaban J connectivity index is 1.55. The molecular formula is C21H16N2O5. The summed E-state index contributed by atoms with van der Waals surface area (Å²) in [5.41, 5.74) is 1.69. The van der Waals surface area contributed by atoms with Crippen LogP contribution >= 0.6 is 0 Å². The van der Waals surface area contributed by atoms with Crippen LogP contribution < -0.4 is 10.1 Å². The van der Waals surface area contributed by atoms with Gasteiger partial charge in [-0.3, -0.25) is 19.7 Å². The quantitative estimate of drug-likeness (QED) is 0.303. The van der Waals surface area contributed by atoms with Gasteiger partial charge in [0.15, 0.2) is 0 Å². The number of hydrogen-bond donors (Lipinski definition) is 1. The summed E-state index contributed by atoms with van der Waals surface area (Å²) in [7, 11) is 0. The Bertz CT molecular complexity index is 984. The highest BCUT2D eigenvalue weighted by atomic mass is 16.6. The topological polar surface area (TPSA) is 98.5 Å². The highest BCUT2D eigenvalue weighted by molar-refractivity contribution is 6.04. The highest BCUT2D eigenvalue weighted by Gasteiger charge is 2.10. The molecule has 140 valence electrons. The Morgan fingerprint density at radius 1 is 0.893 bits per heavy atom. The van der Waals surface area contributed by atoms with Crippen molar-refractivity contribution in [1.29, 1.82) is 0 Å². The minimum Gasteiger partial charge on any atom is -0.426 e. The Kier molecular flexibility index (Phi) is 5.76. The molecule has 3 aromatic carbocycles. The van der Waals surface area contributed by atoms with Crippen molar-refractivity contribution in [2.45, 2.75) is 6.42 Å². The number of ether oxygens (including phenoxy) is 1. The van der Waals surface area contributed by atoms with E-state index in [1.165, 1.54) is 24.3 Å². The van der Waals surface area contributed by atoms with Gasteiger partial charge in [-0.1, -0.05) is 30.3 Å². The van der Waals surface area contributed by atoms with Gasteiger partial charge >= 0.3 is 5.97 Å². The molecule has 0 aliphatic carbocycles. The van der Waals surface area contributed by atoms with Crippen LogP contribution in [0, 0.1) is 10.1 Å². The lowest BCUT2D eigenvalue weighted by Crippen LogP contribution is -2.12. The maximum Gasteiger partial charge on any atom is 0.315 e. The minimum absolute atomic E-state index is 0.00944. The number of esters is 1. The van der Waals surface area contributed by atoms with Crippen molar-refractivity contribution < 1.29 is 19.2 Å². The zero-order chi connectivity index (χ0) is 19.9. The van der Waals surface area contributed by atoms with Gasteiger partial charge in [0.1, 0.15) is 5.75 Å². The van der Waals surface area contributed by atoms with Gasteiger partial charge in [0.05, 0.1) is 11.3 Å². The summed E-state index contributed by atoms with van der Waals surface area (Å²) in [6.45, 7) is 0. The molecule has 1 N–H and O–H groups in total. The molecule has 0 fully saturated rings. The predicted molar refractivity (Wildman–Crippen MR) is 103 cm³/mol. The van der Waals surface area contributed by atoms with E-state index < -0.39 is 10.9 Å². The third kappa shape index (κ3) is 5.01.